The zero-order chi connectivity index (χ0) is 19.9. The van der Waals surface area contributed by atoms with Gasteiger partial charge in [0.2, 0.25) is 5.91 Å². The van der Waals surface area contributed by atoms with Crippen molar-refractivity contribution in [3.05, 3.63) is 59.1 Å². The zero-order valence-corrected chi connectivity index (χ0v) is 18.0. The van der Waals surface area contributed by atoms with Gasteiger partial charge in [-0.15, -0.1) is 11.8 Å². The van der Waals surface area contributed by atoms with Crippen LogP contribution in [0.4, 0.5) is 0 Å². The minimum atomic E-state index is -0.131. The number of thioether (sulfide) groups is 1. The van der Waals surface area contributed by atoms with Gasteiger partial charge < -0.3 is 10.1 Å². The average molecular weight is 406 g/mol. The smallest absolute Gasteiger partial charge is 0.233 e. The molecular formula is C22H28ClNO2S. The Morgan fingerprint density at radius 3 is 2.44 bits per heavy atom. The van der Waals surface area contributed by atoms with Gasteiger partial charge in [-0.25, -0.2) is 0 Å². The van der Waals surface area contributed by atoms with Gasteiger partial charge in [-0.05, 0) is 47.7 Å². The molecule has 0 fully saturated rings. The molecule has 146 valence electrons. The van der Waals surface area contributed by atoms with E-state index in [1.807, 2.05) is 49.4 Å². The summed E-state index contributed by atoms with van der Waals surface area (Å²) < 4.78 is 5.92. The van der Waals surface area contributed by atoms with Crippen LogP contribution < -0.4 is 10.1 Å². The minimum Gasteiger partial charge on any atom is -0.491 e. The van der Waals surface area contributed by atoms with E-state index in [1.165, 1.54) is 5.56 Å². The fourth-order valence-corrected chi connectivity index (χ4v) is 3.77. The summed E-state index contributed by atoms with van der Waals surface area (Å²) in [5.74, 6) is 0.909. The number of ether oxygens (including phenoxy) is 1. The fraction of sp³-hybridized carbons (Fsp3) is 0.409. The van der Waals surface area contributed by atoms with Crippen LogP contribution >= 0.6 is 23.4 Å². The highest BCUT2D eigenvalue weighted by molar-refractivity contribution is 8.00. The van der Waals surface area contributed by atoms with Crippen molar-refractivity contribution in [1.82, 2.24) is 5.32 Å². The van der Waals surface area contributed by atoms with E-state index in [0.29, 0.717) is 18.2 Å². The predicted octanol–water partition coefficient (Wildman–Crippen LogP) is 5.70. The number of halogens is 1. The quantitative estimate of drug-likeness (QED) is 0.452. The van der Waals surface area contributed by atoms with Crippen LogP contribution in [0, 0.1) is 0 Å². The Labute approximate surface area is 171 Å². The molecule has 2 rings (SSSR count). The lowest BCUT2D eigenvalue weighted by atomic mass is 9.86. The van der Waals surface area contributed by atoms with Crippen LogP contribution in [0.5, 0.6) is 5.75 Å². The molecule has 0 radical (unpaired) electrons. The number of para-hydroxylation sites is 1. The van der Waals surface area contributed by atoms with E-state index in [2.05, 4.69) is 32.2 Å². The number of amides is 1. The van der Waals surface area contributed by atoms with Crippen molar-refractivity contribution in [2.75, 3.05) is 13.2 Å². The number of nitrogens with one attached hydrogen (secondary N) is 1. The van der Waals surface area contributed by atoms with Crippen LogP contribution in [-0.2, 0) is 10.2 Å². The van der Waals surface area contributed by atoms with Crippen molar-refractivity contribution >= 4 is 29.3 Å². The first-order valence-electron chi connectivity index (χ1n) is 9.23. The summed E-state index contributed by atoms with van der Waals surface area (Å²) in [6.45, 7) is 9.43. The molecule has 1 N–H and O–H groups in total. The van der Waals surface area contributed by atoms with Gasteiger partial charge in [0.05, 0.1) is 11.8 Å². The van der Waals surface area contributed by atoms with E-state index in [0.717, 1.165) is 17.1 Å². The second kappa shape index (κ2) is 10.0. The first-order chi connectivity index (χ1) is 12.8. The summed E-state index contributed by atoms with van der Waals surface area (Å²) in [5.41, 5.74) is 1.18. The Balaban J connectivity index is 1.84. The van der Waals surface area contributed by atoms with Crippen LogP contribution in [0.25, 0.3) is 0 Å². The highest BCUT2D eigenvalue weighted by Crippen LogP contribution is 2.31. The molecule has 0 aliphatic heterocycles. The molecule has 0 spiro atoms. The molecule has 0 aliphatic carbocycles. The molecular weight excluding hydrogens is 378 g/mol. The summed E-state index contributed by atoms with van der Waals surface area (Å²) >= 11 is 7.47. The van der Waals surface area contributed by atoms with Gasteiger partial charge in [-0.2, -0.15) is 0 Å². The Kier molecular flexibility index (Phi) is 8.06. The zero-order valence-electron chi connectivity index (χ0n) is 16.4. The lowest BCUT2D eigenvalue weighted by Gasteiger charge is -2.22. The molecule has 0 aliphatic rings. The Bertz CT molecular complexity index is 741. The minimum absolute atomic E-state index is 0.0162. The van der Waals surface area contributed by atoms with Gasteiger partial charge in [0, 0.05) is 9.92 Å². The topological polar surface area (TPSA) is 38.3 Å². The van der Waals surface area contributed by atoms with E-state index in [-0.39, 0.29) is 16.6 Å². The van der Waals surface area contributed by atoms with E-state index in [4.69, 9.17) is 16.3 Å². The maximum atomic E-state index is 12.5. The third kappa shape index (κ3) is 6.78. The van der Waals surface area contributed by atoms with Crippen LogP contribution in [0.15, 0.2) is 53.4 Å². The van der Waals surface area contributed by atoms with Gasteiger partial charge in [-0.1, -0.05) is 57.5 Å². The van der Waals surface area contributed by atoms with Crippen molar-refractivity contribution in [1.29, 1.82) is 0 Å². The molecule has 27 heavy (non-hydrogen) atoms. The summed E-state index contributed by atoms with van der Waals surface area (Å²) in [6.07, 6.45) is 0.757. The number of rotatable bonds is 8. The number of hydrogen-bond donors (Lipinski definition) is 1. The summed E-state index contributed by atoms with van der Waals surface area (Å²) in [4.78, 5) is 13.5. The molecule has 1 atom stereocenters. The largest absolute Gasteiger partial charge is 0.491 e. The first-order valence-corrected chi connectivity index (χ1v) is 10.5. The summed E-state index contributed by atoms with van der Waals surface area (Å²) in [7, 11) is 0. The van der Waals surface area contributed by atoms with E-state index in [1.54, 1.807) is 11.8 Å². The third-order valence-corrected chi connectivity index (χ3v) is 5.74. The van der Waals surface area contributed by atoms with Gasteiger partial charge in [0.15, 0.2) is 0 Å². The molecule has 2 aromatic carbocycles. The molecule has 1 amide bonds. The van der Waals surface area contributed by atoms with Gasteiger partial charge in [0.1, 0.15) is 12.4 Å². The maximum absolute atomic E-state index is 12.5. The van der Waals surface area contributed by atoms with Crippen LogP contribution in [0.1, 0.15) is 39.7 Å². The van der Waals surface area contributed by atoms with Crippen LogP contribution in [0.3, 0.4) is 0 Å². The van der Waals surface area contributed by atoms with E-state index in [9.17, 15) is 4.79 Å². The molecule has 0 saturated carbocycles. The first kappa shape index (κ1) is 21.6. The predicted molar refractivity (Wildman–Crippen MR) is 115 cm³/mol. The molecule has 0 bridgehead atoms. The number of carbonyl (C=O) groups excluding carboxylic acids is 1. The van der Waals surface area contributed by atoms with Crippen molar-refractivity contribution in [2.45, 2.75) is 49.7 Å². The Morgan fingerprint density at radius 1 is 1.15 bits per heavy atom. The fourth-order valence-electron chi connectivity index (χ4n) is 2.66. The molecule has 2 aromatic rings. The lowest BCUT2D eigenvalue weighted by Crippen LogP contribution is -2.35. The van der Waals surface area contributed by atoms with Crippen LogP contribution in [-0.4, -0.2) is 24.3 Å². The van der Waals surface area contributed by atoms with E-state index < -0.39 is 0 Å². The number of benzene rings is 2. The van der Waals surface area contributed by atoms with Gasteiger partial charge in [-0.3, -0.25) is 4.79 Å². The van der Waals surface area contributed by atoms with Crippen molar-refractivity contribution in [2.24, 2.45) is 0 Å². The van der Waals surface area contributed by atoms with Crippen molar-refractivity contribution in [3.8, 4) is 5.75 Å². The van der Waals surface area contributed by atoms with Gasteiger partial charge in [0.25, 0.3) is 0 Å². The standard InChI is InChI=1S/C22H28ClNO2S/c1-5-20(27-17-12-10-16(23)11-13-17)21(25)24-14-15-26-19-9-7-6-8-18(19)22(2,3)4/h6-13,20H,5,14-15H2,1-4H3,(H,24,25)/t20-/m1/s1. The molecule has 0 aromatic heterocycles. The highest BCUT2D eigenvalue weighted by Gasteiger charge is 2.19. The second-order valence-corrected chi connectivity index (χ2v) is 9.07. The molecule has 0 saturated heterocycles. The van der Waals surface area contributed by atoms with Crippen LogP contribution in [0.2, 0.25) is 5.02 Å². The Hall–Kier alpha value is -1.65. The molecule has 3 nitrogen and oxygen atoms in total. The van der Waals surface area contributed by atoms with E-state index >= 15 is 0 Å². The lowest BCUT2D eigenvalue weighted by molar-refractivity contribution is -0.120. The Morgan fingerprint density at radius 2 is 1.81 bits per heavy atom. The third-order valence-electron chi connectivity index (χ3n) is 4.11. The van der Waals surface area contributed by atoms with Gasteiger partial charge >= 0.3 is 0 Å². The SMILES string of the molecule is CC[C@@H](Sc1ccc(Cl)cc1)C(=O)NCCOc1ccccc1C(C)(C)C. The molecule has 0 heterocycles. The number of hydrogen-bond acceptors (Lipinski definition) is 3. The monoisotopic (exact) mass is 405 g/mol. The molecule has 0 unspecified atom stereocenters. The highest BCUT2D eigenvalue weighted by atomic mass is 35.5. The average Bonchev–Trinajstić information content (AvgIpc) is 2.64. The normalized spacial score (nSPS) is 12.5. The van der Waals surface area contributed by atoms with Crippen molar-refractivity contribution in [3.63, 3.8) is 0 Å². The maximum Gasteiger partial charge on any atom is 0.233 e. The summed E-state index contributed by atoms with van der Waals surface area (Å²) in [6, 6.07) is 15.6. The second-order valence-electron chi connectivity index (χ2n) is 7.35. The molecule has 5 heteroatoms. The van der Waals surface area contributed by atoms with Crippen molar-refractivity contribution < 1.29 is 9.53 Å². The number of carbonyl (C=O) groups is 1. The summed E-state index contributed by atoms with van der Waals surface area (Å²) in [5, 5.41) is 3.55.